The van der Waals surface area contributed by atoms with Gasteiger partial charge in [0, 0.05) is 31.5 Å². The molecule has 1 saturated heterocycles. The molecule has 2 aromatic rings. The van der Waals surface area contributed by atoms with Crippen molar-refractivity contribution in [1.82, 2.24) is 14.9 Å². The molecule has 1 amide bonds. The molecule has 1 aliphatic heterocycles. The molecule has 0 saturated carbocycles. The molecule has 3 rings (SSSR count). The van der Waals surface area contributed by atoms with E-state index in [1.54, 1.807) is 4.90 Å². The maximum Gasteiger partial charge on any atom is 0.410 e. The molecule has 30 heavy (non-hydrogen) atoms. The lowest BCUT2D eigenvalue weighted by atomic mass is 10.0. The first-order chi connectivity index (χ1) is 14.0. The number of benzene rings is 1. The van der Waals surface area contributed by atoms with Gasteiger partial charge < -0.3 is 14.4 Å². The number of aromatic nitrogens is 2. The van der Waals surface area contributed by atoms with E-state index in [2.05, 4.69) is 9.97 Å². The van der Waals surface area contributed by atoms with Crippen LogP contribution in [-0.2, 0) is 9.47 Å². The molecule has 1 aliphatic rings. The van der Waals surface area contributed by atoms with E-state index in [4.69, 9.17) is 9.47 Å². The Labute approximate surface area is 175 Å². The van der Waals surface area contributed by atoms with Gasteiger partial charge in [-0.3, -0.25) is 14.9 Å². The highest BCUT2D eigenvalue weighted by Crippen LogP contribution is 2.32. The topological polar surface area (TPSA) is 84.9 Å². The van der Waals surface area contributed by atoms with Crippen molar-refractivity contribution >= 4 is 28.8 Å². The fraction of sp³-hybridized carbons (Fsp3) is 0.524. The summed E-state index contributed by atoms with van der Waals surface area (Å²) in [5, 5.41) is 0. The molecule has 162 valence electrons. The number of amides is 1. The molecule has 2 atom stereocenters. The largest absolute Gasteiger partial charge is 0.465 e. The molecule has 2 heterocycles. The summed E-state index contributed by atoms with van der Waals surface area (Å²) in [4.78, 5) is 36.9. The number of esters is 1. The normalized spacial score (nSPS) is 19.7. The van der Waals surface area contributed by atoms with Gasteiger partial charge in [-0.15, -0.1) is 0 Å². The van der Waals surface area contributed by atoms with Crippen molar-refractivity contribution in [3.8, 4) is 0 Å². The van der Waals surface area contributed by atoms with E-state index in [9.17, 15) is 14.0 Å². The van der Waals surface area contributed by atoms with Crippen molar-refractivity contribution in [2.24, 2.45) is 0 Å². The highest BCUT2D eigenvalue weighted by Gasteiger charge is 2.36. The van der Waals surface area contributed by atoms with Crippen LogP contribution >= 0.6 is 0 Å². The third kappa shape index (κ3) is 4.15. The molecule has 1 aromatic heterocycles. The minimum atomic E-state index is -0.805. The minimum absolute atomic E-state index is 0.147. The van der Waals surface area contributed by atoms with Gasteiger partial charge in [-0.2, -0.15) is 0 Å². The van der Waals surface area contributed by atoms with E-state index in [0.717, 1.165) is 0 Å². The van der Waals surface area contributed by atoms with Crippen LogP contribution < -0.4 is 4.90 Å². The number of halogens is 1. The van der Waals surface area contributed by atoms with E-state index in [1.165, 1.54) is 25.6 Å². The van der Waals surface area contributed by atoms with Crippen LogP contribution in [0.5, 0.6) is 0 Å². The average molecular weight is 418 g/mol. The Balaban J connectivity index is 1.97. The maximum atomic E-state index is 14.9. The summed E-state index contributed by atoms with van der Waals surface area (Å²) in [7, 11) is 1.19. The highest BCUT2D eigenvalue weighted by molar-refractivity contribution is 6.05. The van der Waals surface area contributed by atoms with Gasteiger partial charge in [0.25, 0.3) is 0 Å². The Hall–Kier alpha value is -2.97. The molecule has 0 spiro atoms. The van der Waals surface area contributed by atoms with Gasteiger partial charge in [0.2, 0.25) is 0 Å². The van der Waals surface area contributed by atoms with Crippen molar-refractivity contribution in [3.63, 3.8) is 0 Å². The van der Waals surface area contributed by atoms with E-state index in [1.807, 2.05) is 39.5 Å². The monoisotopic (exact) mass is 418 g/mol. The van der Waals surface area contributed by atoms with Gasteiger partial charge >= 0.3 is 12.1 Å². The van der Waals surface area contributed by atoms with Crippen LogP contribution in [0.1, 0.15) is 45.0 Å². The Bertz CT molecular complexity index is 963. The molecule has 0 N–H and O–H groups in total. The fourth-order valence-corrected chi connectivity index (χ4v) is 3.81. The van der Waals surface area contributed by atoms with Gasteiger partial charge in [-0.1, -0.05) is 0 Å². The zero-order valence-electron chi connectivity index (χ0n) is 18.1. The van der Waals surface area contributed by atoms with Crippen molar-refractivity contribution in [1.29, 1.82) is 0 Å². The number of fused-ring (bicyclic) bond motifs is 1. The number of carbonyl (C=O) groups is 2. The van der Waals surface area contributed by atoms with Crippen molar-refractivity contribution < 1.29 is 23.5 Å². The van der Waals surface area contributed by atoms with Crippen LogP contribution in [0.25, 0.3) is 11.0 Å². The molecule has 0 bridgehead atoms. The maximum absolute atomic E-state index is 14.9. The number of nitrogens with zero attached hydrogens (tertiary/aromatic N) is 4. The van der Waals surface area contributed by atoms with Crippen LogP contribution in [0.15, 0.2) is 18.5 Å². The summed E-state index contributed by atoms with van der Waals surface area (Å²) in [6, 6.07) is 0.920. The van der Waals surface area contributed by atoms with Crippen LogP contribution in [0.3, 0.4) is 0 Å². The van der Waals surface area contributed by atoms with E-state index >= 15 is 0 Å². The predicted molar refractivity (Wildman–Crippen MR) is 110 cm³/mol. The zero-order valence-corrected chi connectivity index (χ0v) is 18.1. The Morgan fingerprint density at radius 1 is 1.10 bits per heavy atom. The van der Waals surface area contributed by atoms with E-state index in [0.29, 0.717) is 24.3 Å². The van der Waals surface area contributed by atoms with E-state index in [-0.39, 0.29) is 29.3 Å². The Kier molecular flexibility index (Phi) is 5.83. The number of hydrogen-bond donors (Lipinski definition) is 0. The SMILES string of the molecule is COC(=O)c1c(F)cc(N2C[C@@H](C)N(C(=O)OC(C)(C)C)[C@@H](C)C2)c2nccnc12. The highest BCUT2D eigenvalue weighted by atomic mass is 19.1. The second-order valence-corrected chi connectivity index (χ2v) is 8.49. The number of anilines is 1. The number of carbonyl (C=O) groups excluding carboxylic acids is 2. The molecule has 1 fully saturated rings. The van der Waals surface area contributed by atoms with Crippen LogP contribution in [-0.4, -0.2) is 64.8 Å². The summed E-state index contributed by atoms with van der Waals surface area (Å²) in [5.41, 5.74) is 0.244. The molecule has 0 unspecified atom stereocenters. The lowest BCUT2D eigenvalue weighted by Gasteiger charge is -2.45. The van der Waals surface area contributed by atoms with Crippen molar-refractivity contribution in [2.75, 3.05) is 25.1 Å². The second-order valence-electron chi connectivity index (χ2n) is 8.49. The van der Waals surface area contributed by atoms with Crippen molar-refractivity contribution in [2.45, 2.75) is 52.3 Å². The molecule has 0 aliphatic carbocycles. The fourth-order valence-electron chi connectivity index (χ4n) is 3.81. The standard InChI is InChI=1S/C21H27FN4O4/c1-12-10-25(11-13(2)26(12)20(28)30-21(3,4)5)15-9-14(22)16(19(27)29-6)18-17(15)23-7-8-24-18/h7-9,12-13H,10-11H2,1-6H3/t12-,13+. The number of rotatable bonds is 2. The molecule has 0 radical (unpaired) electrons. The summed E-state index contributed by atoms with van der Waals surface area (Å²) in [5.74, 6) is -1.53. The lowest BCUT2D eigenvalue weighted by molar-refractivity contribution is 0.00565. The Morgan fingerprint density at radius 3 is 2.20 bits per heavy atom. The van der Waals surface area contributed by atoms with Crippen LogP contribution in [0.4, 0.5) is 14.9 Å². The lowest BCUT2D eigenvalue weighted by Crippen LogP contribution is -2.59. The average Bonchev–Trinajstić information content (AvgIpc) is 2.64. The van der Waals surface area contributed by atoms with Gasteiger partial charge in [-0.25, -0.2) is 14.0 Å². The molecule has 9 heteroatoms. The summed E-state index contributed by atoms with van der Waals surface area (Å²) in [6.07, 6.45) is 2.53. The summed E-state index contributed by atoms with van der Waals surface area (Å²) in [6.45, 7) is 10.2. The molecular formula is C21H27FN4O4. The Morgan fingerprint density at radius 2 is 1.67 bits per heavy atom. The van der Waals surface area contributed by atoms with Gasteiger partial charge in [-0.05, 0) is 34.6 Å². The third-order valence-corrected chi connectivity index (χ3v) is 4.93. The number of hydrogen-bond acceptors (Lipinski definition) is 7. The smallest absolute Gasteiger partial charge is 0.410 e. The summed E-state index contributed by atoms with van der Waals surface area (Å²) >= 11 is 0. The van der Waals surface area contributed by atoms with Gasteiger partial charge in [0.05, 0.1) is 24.9 Å². The first kappa shape index (κ1) is 21.7. The first-order valence-corrected chi connectivity index (χ1v) is 9.81. The van der Waals surface area contributed by atoms with Crippen LogP contribution in [0.2, 0.25) is 0 Å². The van der Waals surface area contributed by atoms with Crippen molar-refractivity contribution in [3.05, 3.63) is 29.8 Å². The van der Waals surface area contributed by atoms with Gasteiger partial charge in [0.15, 0.2) is 0 Å². The minimum Gasteiger partial charge on any atom is -0.465 e. The molecular weight excluding hydrogens is 391 g/mol. The molecule has 1 aromatic carbocycles. The third-order valence-electron chi connectivity index (χ3n) is 4.93. The van der Waals surface area contributed by atoms with Crippen LogP contribution in [0, 0.1) is 5.82 Å². The van der Waals surface area contributed by atoms with Gasteiger partial charge in [0.1, 0.15) is 28.0 Å². The molecule has 8 nitrogen and oxygen atoms in total. The number of methoxy groups -OCH3 is 1. The second kappa shape index (κ2) is 8.04. The van der Waals surface area contributed by atoms with E-state index < -0.39 is 17.4 Å². The number of piperazine rings is 1. The quantitative estimate of drug-likeness (QED) is 0.691. The summed E-state index contributed by atoms with van der Waals surface area (Å²) < 4.78 is 25.1. The first-order valence-electron chi connectivity index (χ1n) is 9.81. The number of ether oxygens (including phenoxy) is 2. The predicted octanol–water partition coefficient (Wildman–Crippen LogP) is 3.39. The zero-order chi connectivity index (χ0) is 22.2.